The zero-order valence-corrected chi connectivity index (χ0v) is 16.7. The van der Waals surface area contributed by atoms with Crippen LogP contribution in [0.15, 0.2) is 77.4 Å². The molecule has 5 aromatic rings. The van der Waals surface area contributed by atoms with Crippen LogP contribution in [-0.2, 0) is 0 Å². The lowest BCUT2D eigenvalue weighted by Crippen LogP contribution is -1.83. The van der Waals surface area contributed by atoms with Gasteiger partial charge in [0.25, 0.3) is 0 Å². The molecule has 2 aromatic heterocycles. The van der Waals surface area contributed by atoms with Crippen LogP contribution in [0.1, 0.15) is 0 Å². The summed E-state index contributed by atoms with van der Waals surface area (Å²) in [4.78, 5) is 11.6. The molecule has 0 atom stereocenters. The van der Waals surface area contributed by atoms with Gasteiger partial charge in [0.15, 0.2) is 0 Å². The Morgan fingerprint density at radius 2 is 1.45 bits per heavy atom. The molecule has 3 aromatic carbocycles. The summed E-state index contributed by atoms with van der Waals surface area (Å²) in [6, 6.07) is 20.0. The molecular formula is C23H16BrN3O2. The van der Waals surface area contributed by atoms with Crippen LogP contribution >= 0.6 is 15.9 Å². The summed E-state index contributed by atoms with van der Waals surface area (Å²) in [6.07, 6.45) is 1.94. The Balaban J connectivity index is 1.73. The molecule has 0 amide bonds. The van der Waals surface area contributed by atoms with Crippen molar-refractivity contribution in [1.29, 1.82) is 0 Å². The second-order valence-electron chi connectivity index (χ2n) is 6.80. The number of aromatic hydroxyl groups is 2. The lowest BCUT2D eigenvalue weighted by molar-refractivity contribution is 0.475. The van der Waals surface area contributed by atoms with E-state index < -0.39 is 0 Å². The molecule has 0 spiro atoms. The van der Waals surface area contributed by atoms with E-state index in [0.717, 1.165) is 49.3 Å². The van der Waals surface area contributed by atoms with Crippen molar-refractivity contribution in [3.8, 4) is 45.4 Å². The minimum absolute atomic E-state index is 0.206. The first kappa shape index (κ1) is 17.6. The number of benzene rings is 3. The molecule has 0 aliphatic rings. The average molecular weight is 446 g/mol. The summed E-state index contributed by atoms with van der Waals surface area (Å²) in [5.41, 5.74) is 5.40. The van der Waals surface area contributed by atoms with E-state index in [1.807, 2.05) is 42.6 Å². The Labute approximate surface area is 174 Å². The average Bonchev–Trinajstić information content (AvgIpc) is 3.33. The number of phenols is 2. The summed E-state index contributed by atoms with van der Waals surface area (Å²) in [5.74, 6) is 1.15. The van der Waals surface area contributed by atoms with Gasteiger partial charge in [-0.1, -0.05) is 15.9 Å². The third-order valence-electron chi connectivity index (χ3n) is 4.90. The number of hydrogen-bond donors (Lipinski definition) is 4. The van der Waals surface area contributed by atoms with Crippen LogP contribution in [0.25, 0.3) is 44.8 Å². The van der Waals surface area contributed by atoms with Crippen molar-refractivity contribution >= 4 is 26.8 Å². The third kappa shape index (κ3) is 3.17. The molecule has 142 valence electrons. The van der Waals surface area contributed by atoms with Crippen molar-refractivity contribution in [1.82, 2.24) is 15.0 Å². The molecule has 5 rings (SSSR count). The molecule has 0 saturated heterocycles. The monoisotopic (exact) mass is 445 g/mol. The van der Waals surface area contributed by atoms with Gasteiger partial charge in [0, 0.05) is 38.3 Å². The lowest BCUT2D eigenvalue weighted by atomic mass is 10.0. The van der Waals surface area contributed by atoms with Crippen molar-refractivity contribution in [2.75, 3.05) is 0 Å². The van der Waals surface area contributed by atoms with Gasteiger partial charge in [-0.2, -0.15) is 0 Å². The molecule has 29 heavy (non-hydrogen) atoms. The predicted octanol–water partition coefficient (Wildman–Crippen LogP) is 6.07. The van der Waals surface area contributed by atoms with Crippen molar-refractivity contribution in [3.05, 3.63) is 77.4 Å². The summed E-state index contributed by atoms with van der Waals surface area (Å²) in [6.45, 7) is 0. The second kappa shape index (κ2) is 6.83. The number of nitrogens with one attached hydrogen (secondary N) is 2. The molecule has 0 unspecified atom stereocenters. The van der Waals surface area contributed by atoms with E-state index in [-0.39, 0.29) is 11.5 Å². The van der Waals surface area contributed by atoms with Gasteiger partial charge in [0.1, 0.15) is 17.3 Å². The quantitative estimate of drug-likeness (QED) is 0.272. The largest absolute Gasteiger partial charge is 0.508 e. The maximum Gasteiger partial charge on any atom is 0.140 e. The fraction of sp³-hybridized carbons (Fsp3) is 0. The normalized spacial score (nSPS) is 11.2. The van der Waals surface area contributed by atoms with Crippen molar-refractivity contribution < 1.29 is 10.2 Å². The first-order valence-electron chi connectivity index (χ1n) is 9.04. The number of hydrogen-bond acceptors (Lipinski definition) is 3. The van der Waals surface area contributed by atoms with E-state index in [0.29, 0.717) is 0 Å². The van der Waals surface area contributed by atoms with Gasteiger partial charge >= 0.3 is 0 Å². The van der Waals surface area contributed by atoms with E-state index in [9.17, 15) is 10.2 Å². The summed E-state index contributed by atoms with van der Waals surface area (Å²) >= 11 is 3.54. The maximum atomic E-state index is 9.66. The van der Waals surface area contributed by atoms with Gasteiger partial charge in [-0.3, -0.25) is 0 Å². The molecule has 2 heterocycles. The van der Waals surface area contributed by atoms with Crippen LogP contribution in [0.5, 0.6) is 11.5 Å². The molecule has 5 nitrogen and oxygen atoms in total. The number of phenolic OH excluding ortho intramolecular Hbond substituents is 2. The van der Waals surface area contributed by atoms with Crippen LogP contribution in [0.2, 0.25) is 0 Å². The molecule has 0 fully saturated rings. The Kier molecular flexibility index (Phi) is 4.14. The first-order valence-corrected chi connectivity index (χ1v) is 9.83. The maximum absolute atomic E-state index is 9.66. The Hall–Kier alpha value is -3.51. The van der Waals surface area contributed by atoms with E-state index in [1.165, 1.54) is 0 Å². The number of aromatic nitrogens is 3. The topological polar surface area (TPSA) is 84.9 Å². The van der Waals surface area contributed by atoms with E-state index in [1.54, 1.807) is 24.3 Å². The van der Waals surface area contributed by atoms with Crippen LogP contribution in [0.4, 0.5) is 0 Å². The van der Waals surface area contributed by atoms with Crippen LogP contribution < -0.4 is 0 Å². The van der Waals surface area contributed by atoms with Crippen LogP contribution in [0, 0.1) is 0 Å². The number of aromatic amines is 2. The van der Waals surface area contributed by atoms with E-state index >= 15 is 0 Å². The minimum Gasteiger partial charge on any atom is -0.508 e. The van der Waals surface area contributed by atoms with E-state index in [2.05, 4.69) is 32.0 Å². The third-order valence-corrected chi connectivity index (χ3v) is 5.39. The fourth-order valence-corrected chi connectivity index (χ4v) is 3.82. The number of halogens is 1. The van der Waals surface area contributed by atoms with Crippen LogP contribution in [0.3, 0.4) is 0 Å². The smallest absolute Gasteiger partial charge is 0.140 e. The Bertz CT molecular complexity index is 1260. The number of nitrogens with zero attached hydrogens (tertiary/aromatic N) is 1. The zero-order chi connectivity index (χ0) is 20.0. The number of rotatable bonds is 3. The molecule has 0 aliphatic carbocycles. The molecule has 6 heteroatoms. The molecule has 4 N–H and O–H groups in total. The number of imidazole rings is 1. The fourth-order valence-electron chi connectivity index (χ4n) is 3.45. The van der Waals surface area contributed by atoms with Gasteiger partial charge in [-0.15, -0.1) is 0 Å². The summed E-state index contributed by atoms with van der Waals surface area (Å²) in [7, 11) is 0. The predicted molar refractivity (Wildman–Crippen MR) is 118 cm³/mol. The van der Waals surface area contributed by atoms with Crippen molar-refractivity contribution in [2.24, 2.45) is 0 Å². The highest BCUT2D eigenvalue weighted by Crippen LogP contribution is 2.36. The first-order chi connectivity index (χ1) is 14.1. The van der Waals surface area contributed by atoms with Gasteiger partial charge in [0.2, 0.25) is 0 Å². The SMILES string of the molecule is Oc1ccc(-c2nc(-c3c[nH]c4ccc(Br)cc34)[nH]c2-c2ccc(O)cc2)cc1. The Morgan fingerprint density at radius 1 is 0.793 bits per heavy atom. The molecule has 0 bridgehead atoms. The van der Waals surface area contributed by atoms with Gasteiger partial charge < -0.3 is 20.2 Å². The summed E-state index contributed by atoms with van der Waals surface area (Å²) in [5, 5.41) is 20.4. The van der Waals surface area contributed by atoms with Gasteiger partial charge in [-0.25, -0.2) is 4.98 Å². The van der Waals surface area contributed by atoms with Crippen LogP contribution in [-0.4, -0.2) is 25.2 Å². The molecule has 0 aliphatic heterocycles. The van der Waals surface area contributed by atoms with Gasteiger partial charge in [-0.05, 0) is 66.7 Å². The summed E-state index contributed by atoms with van der Waals surface area (Å²) < 4.78 is 0.995. The lowest BCUT2D eigenvalue weighted by Gasteiger charge is -2.04. The zero-order valence-electron chi connectivity index (χ0n) is 15.1. The van der Waals surface area contributed by atoms with Crippen molar-refractivity contribution in [2.45, 2.75) is 0 Å². The highest BCUT2D eigenvalue weighted by Gasteiger charge is 2.17. The second-order valence-corrected chi connectivity index (χ2v) is 7.71. The highest BCUT2D eigenvalue weighted by molar-refractivity contribution is 9.10. The molecule has 0 saturated carbocycles. The van der Waals surface area contributed by atoms with Gasteiger partial charge in [0.05, 0.1) is 11.4 Å². The Morgan fingerprint density at radius 3 is 2.14 bits per heavy atom. The van der Waals surface area contributed by atoms with Crippen molar-refractivity contribution in [3.63, 3.8) is 0 Å². The number of fused-ring (bicyclic) bond motifs is 1. The molecule has 0 radical (unpaired) electrons. The standard InChI is InChI=1S/C23H16BrN3O2/c24-15-5-10-20-18(11-15)19(12-25-20)23-26-21(13-1-6-16(28)7-2-13)22(27-23)14-3-8-17(29)9-4-14/h1-12,25,28-29H,(H,26,27). The van der Waals surface area contributed by atoms with E-state index in [4.69, 9.17) is 4.98 Å². The minimum atomic E-state index is 0.206. The number of H-pyrrole nitrogens is 2. The highest BCUT2D eigenvalue weighted by atomic mass is 79.9. The molecular weight excluding hydrogens is 430 g/mol.